The zero-order chi connectivity index (χ0) is 20.0. The second-order valence-electron chi connectivity index (χ2n) is 7.18. The van der Waals surface area contributed by atoms with Gasteiger partial charge in [0.25, 0.3) is 0 Å². The maximum Gasteiger partial charge on any atom is 0.191 e. The van der Waals surface area contributed by atoms with Gasteiger partial charge in [0.1, 0.15) is 0 Å². The summed E-state index contributed by atoms with van der Waals surface area (Å²) in [5, 5.41) is 7.24. The van der Waals surface area contributed by atoms with E-state index in [0.717, 1.165) is 18.7 Å². The summed E-state index contributed by atoms with van der Waals surface area (Å²) in [4.78, 5) is 7.16. The Balaban J connectivity index is 1.73. The van der Waals surface area contributed by atoms with Crippen LogP contribution in [0.15, 0.2) is 29.3 Å². The number of guanidine groups is 1. The van der Waals surface area contributed by atoms with E-state index in [9.17, 15) is 8.42 Å². The molecule has 2 N–H and O–H groups in total. The molecule has 2 heterocycles. The topological polar surface area (TPSA) is 83.0 Å². The summed E-state index contributed by atoms with van der Waals surface area (Å²) < 4.78 is 29.0. The summed E-state index contributed by atoms with van der Waals surface area (Å²) >= 11 is 6.06. The predicted octanol–water partition coefficient (Wildman–Crippen LogP) is 1.46. The number of hydrogen-bond donors (Lipinski definition) is 2. The highest BCUT2D eigenvalue weighted by Gasteiger charge is 2.28. The van der Waals surface area contributed by atoms with Crippen molar-refractivity contribution in [3.05, 3.63) is 34.9 Å². The first-order valence-electron chi connectivity index (χ1n) is 9.79. The Morgan fingerprint density at radius 1 is 1.32 bits per heavy atom. The molecule has 2 saturated heterocycles. The van der Waals surface area contributed by atoms with Gasteiger partial charge in [0.2, 0.25) is 0 Å². The monoisotopic (exact) mass is 428 g/mol. The molecule has 1 aromatic rings. The first-order valence-corrected chi connectivity index (χ1v) is 12.0. The summed E-state index contributed by atoms with van der Waals surface area (Å²) in [7, 11) is -2.93. The van der Waals surface area contributed by atoms with Gasteiger partial charge in [-0.3, -0.25) is 9.89 Å². The van der Waals surface area contributed by atoms with Crippen LogP contribution >= 0.6 is 11.6 Å². The number of ether oxygens (including phenoxy) is 1. The number of hydrogen-bond acceptors (Lipinski definition) is 5. The molecule has 0 aromatic heterocycles. The lowest BCUT2D eigenvalue weighted by molar-refractivity contribution is 0.0179. The second kappa shape index (κ2) is 9.91. The van der Waals surface area contributed by atoms with E-state index in [-0.39, 0.29) is 23.6 Å². The van der Waals surface area contributed by atoms with Crippen molar-refractivity contribution in [1.29, 1.82) is 0 Å². The van der Waals surface area contributed by atoms with E-state index >= 15 is 0 Å². The fourth-order valence-electron chi connectivity index (χ4n) is 3.61. The number of nitrogens with zero attached hydrogens (tertiary/aromatic N) is 2. The van der Waals surface area contributed by atoms with Crippen LogP contribution < -0.4 is 10.6 Å². The van der Waals surface area contributed by atoms with Gasteiger partial charge in [-0.2, -0.15) is 0 Å². The molecule has 3 rings (SSSR count). The van der Waals surface area contributed by atoms with Gasteiger partial charge < -0.3 is 15.4 Å². The standard InChI is InChI=1S/C19H29ClN4O3S/c1-2-21-19(23-17-7-12-28(25,26)14-17)22-13-18(24-8-10-27-11-9-24)15-3-5-16(20)6-4-15/h3-6,17-18H,2,7-14H2,1H3,(H2,21,22,23). The number of sulfone groups is 1. The molecule has 0 amide bonds. The van der Waals surface area contributed by atoms with E-state index < -0.39 is 9.84 Å². The Bertz CT molecular complexity index is 764. The number of aliphatic imine (C=N–C) groups is 1. The molecule has 2 atom stereocenters. The highest BCUT2D eigenvalue weighted by atomic mass is 35.5. The van der Waals surface area contributed by atoms with Crippen LogP contribution in [0.5, 0.6) is 0 Å². The van der Waals surface area contributed by atoms with Gasteiger partial charge in [0, 0.05) is 30.7 Å². The fraction of sp³-hybridized carbons (Fsp3) is 0.632. The zero-order valence-electron chi connectivity index (χ0n) is 16.2. The molecule has 28 heavy (non-hydrogen) atoms. The van der Waals surface area contributed by atoms with Crippen LogP contribution in [-0.4, -0.2) is 76.2 Å². The van der Waals surface area contributed by atoms with Crippen molar-refractivity contribution in [2.45, 2.75) is 25.4 Å². The molecule has 0 radical (unpaired) electrons. The number of benzene rings is 1. The number of morpholine rings is 1. The van der Waals surface area contributed by atoms with Crippen LogP contribution in [0.2, 0.25) is 5.02 Å². The van der Waals surface area contributed by atoms with Gasteiger partial charge in [-0.25, -0.2) is 8.42 Å². The lowest BCUT2D eigenvalue weighted by Gasteiger charge is -2.34. The van der Waals surface area contributed by atoms with Crippen LogP contribution in [-0.2, 0) is 14.6 Å². The molecule has 0 saturated carbocycles. The minimum Gasteiger partial charge on any atom is -0.379 e. The van der Waals surface area contributed by atoms with Crippen molar-refractivity contribution in [3.63, 3.8) is 0 Å². The Morgan fingerprint density at radius 2 is 2.04 bits per heavy atom. The Hall–Kier alpha value is -1.35. The number of nitrogens with one attached hydrogen (secondary N) is 2. The van der Waals surface area contributed by atoms with Crippen LogP contribution in [0, 0.1) is 0 Å². The maximum absolute atomic E-state index is 11.7. The van der Waals surface area contributed by atoms with E-state index in [1.165, 1.54) is 0 Å². The van der Waals surface area contributed by atoms with Crippen LogP contribution in [0.25, 0.3) is 0 Å². The maximum atomic E-state index is 11.7. The number of rotatable bonds is 6. The molecule has 2 aliphatic rings. The Kier molecular flexibility index (Phi) is 7.56. The lowest BCUT2D eigenvalue weighted by Crippen LogP contribution is -2.45. The lowest BCUT2D eigenvalue weighted by atomic mass is 10.0. The SMILES string of the molecule is CCNC(=NCC(c1ccc(Cl)cc1)N1CCOCC1)NC1CCS(=O)(=O)C1. The van der Waals surface area contributed by atoms with Gasteiger partial charge in [-0.1, -0.05) is 23.7 Å². The van der Waals surface area contributed by atoms with Crippen molar-refractivity contribution >= 4 is 27.4 Å². The number of halogens is 1. The average Bonchev–Trinajstić information content (AvgIpc) is 3.02. The first kappa shape index (κ1) is 21.4. The Morgan fingerprint density at radius 3 is 2.64 bits per heavy atom. The highest BCUT2D eigenvalue weighted by molar-refractivity contribution is 7.91. The van der Waals surface area contributed by atoms with Crippen molar-refractivity contribution in [2.75, 3.05) is 50.9 Å². The molecule has 7 nitrogen and oxygen atoms in total. The van der Waals surface area contributed by atoms with Gasteiger partial charge in [-0.15, -0.1) is 0 Å². The molecule has 156 valence electrons. The molecule has 9 heteroatoms. The summed E-state index contributed by atoms with van der Waals surface area (Å²) in [6, 6.07) is 7.93. The normalized spacial score (nSPS) is 24.1. The van der Waals surface area contributed by atoms with Crippen molar-refractivity contribution in [2.24, 2.45) is 4.99 Å². The zero-order valence-corrected chi connectivity index (χ0v) is 17.8. The largest absolute Gasteiger partial charge is 0.379 e. The summed E-state index contributed by atoms with van der Waals surface area (Å²) in [5.74, 6) is 1.07. The van der Waals surface area contributed by atoms with Gasteiger partial charge in [0.05, 0.1) is 37.3 Å². The third-order valence-corrected chi connectivity index (χ3v) is 7.10. The third kappa shape index (κ3) is 6.07. The van der Waals surface area contributed by atoms with E-state index in [0.29, 0.717) is 43.7 Å². The Labute approximate surface area is 172 Å². The minimum absolute atomic E-state index is 0.0832. The molecule has 2 aliphatic heterocycles. The molecular weight excluding hydrogens is 400 g/mol. The van der Waals surface area contributed by atoms with Crippen LogP contribution in [0.4, 0.5) is 0 Å². The third-order valence-electron chi connectivity index (χ3n) is 5.08. The molecular formula is C19H29ClN4O3S. The molecule has 0 bridgehead atoms. The van der Waals surface area contributed by atoms with Crippen LogP contribution in [0.1, 0.15) is 24.9 Å². The van der Waals surface area contributed by atoms with E-state index in [4.69, 9.17) is 21.3 Å². The minimum atomic E-state index is -2.93. The van der Waals surface area contributed by atoms with Crippen molar-refractivity contribution < 1.29 is 13.2 Å². The second-order valence-corrected chi connectivity index (χ2v) is 9.84. The van der Waals surface area contributed by atoms with E-state index in [2.05, 4.69) is 15.5 Å². The van der Waals surface area contributed by atoms with Crippen molar-refractivity contribution in [3.8, 4) is 0 Å². The highest BCUT2D eigenvalue weighted by Crippen LogP contribution is 2.24. The van der Waals surface area contributed by atoms with Gasteiger partial charge in [0.15, 0.2) is 15.8 Å². The van der Waals surface area contributed by atoms with Crippen molar-refractivity contribution in [1.82, 2.24) is 15.5 Å². The fourth-order valence-corrected chi connectivity index (χ4v) is 5.41. The van der Waals surface area contributed by atoms with Gasteiger partial charge in [-0.05, 0) is 31.0 Å². The molecule has 0 spiro atoms. The average molecular weight is 429 g/mol. The summed E-state index contributed by atoms with van der Waals surface area (Å²) in [6.07, 6.45) is 0.622. The smallest absolute Gasteiger partial charge is 0.191 e. The molecule has 0 aliphatic carbocycles. The van der Waals surface area contributed by atoms with Crippen LogP contribution in [0.3, 0.4) is 0 Å². The van der Waals surface area contributed by atoms with Gasteiger partial charge >= 0.3 is 0 Å². The first-order chi connectivity index (χ1) is 13.5. The van der Waals surface area contributed by atoms with E-state index in [1.807, 2.05) is 31.2 Å². The van der Waals surface area contributed by atoms with E-state index in [1.54, 1.807) is 0 Å². The quantitative estimate of drug-likeness (QED) is 0.527. The molecule has 1 aromatic carbocycles. The molecule has 2 unspecified atom stereocenters. The summed E-state index contributed by atoms with van der Waals surface area (Å²) in [6.45, 7) is 6.42. The predicted molar refractivity (Wildman–Crippen MR) is 113 cm³/mol. The molecule has 2 fully saturated rings. The summed E-state index contributed by atoms with van der Waals surface area (Å²) in [5.41, 5.74) is 1.16.